The van der Waals surface area contributed by atoms with E-state index in [1.807, 2.05) is 18.9 Å². The summed E-state index contributed by atoms with van der Waals surface area (Å²) < 4.78 is 17.5. The van der Waals surface area contributed by atoms with Gasteiger partial charge in [0, 0.05) is 50.6 Å². The first-order chi connectivity index (χ1) is 19.8. The number of nitrogens with one attached hydrogen (secondary N) is 1. The molecule has 0 spiro atoms. The normalized spacial score (nSPS) is 15.8. The molecule has 220 valence electrons. The molecule has 1 atom stereocenters. The zero-order chi connectivity index (χ0) is 30.5. The van der Waals surface area contributed by atoms with E-state index in [0.29, 0.717) is 23.5 Å². The number of carbonyl (C=O) groups excluding carboxylic acids is 2. The Morgan fingerprint density at radius 1 is 1.21 bits per heavy atom. The second-order valence-electron chi connectivity index (χ2n) is 10.2. The molecule has 0 bridgehead atoms. The zero-order valence-electron chi connectivity index (χ0n) is 22.9. The van der Waals surface area contributed by atoms with E-state index in [4.69, 9.17) is 28.9 Å². The summed E-state index contributed by atoms with van der Waals surface area (Å²) in [5.41, 5.74) is 5.55. The number of benzene rings is 1. The average Bonchev–Trinajstić information content (AvgIpc) is 3.28. The van der Waals surface area contributed by atoms with Gasteiger partial charge in [0.25, 0.3) is 11.5 Å². The van der Waals surface area contributed by atoms with Gasteiger partial charge in [-0.25, -0.2) is 9.97 Å². The third-order valence-corrected chi connectivity index (χ3v) is 7.84. The Bertz CT molecular complexity index is 1810. The van der Waals surface area contributed by atoms with Crippen molar-refractivity contribution in [1.82, 2.24) is 24.0 Å². The lowest BCUT2D eigenvalue weighted by molar-refractivity contribution is -0.116. The van der Waals surface area contributed by atoms with Crippen LogP contribution >= 0.6 is 23.2 Å². The molecule has 1 saturated heterocycles. The number of anilines is 2. The number of likely N-dealkylation sites (N-methyl/N-ethyl adjacent to an activating group) is 1. The number of amides is 2. The van der Waals surface area contributed by atoms with Crippen LogP contribution in [-0.2, 0) is 18.4 Å². The number of aryl methyl sites for hydroxylation is 1. The van der Waals surface area contributed by atoms with Gasteiger partial charge in [0.05, 0.1) is 28.0 Å². The quantitative estimate of drug-likeness (QED) is 0.280. The maximum absolute atomic E-state index is 14.8. The summed E-state index contributed by atoms with van der Waals surface area (Å²) >= 11 is 12.3. The van der Waals surface area contributed by atoms with Crippen molar-refractivity contribution < 1.29 is 19.1 Å². The van der Waals surface area contributed by atoms with E-state index < -0.39 is 29.1 Å². The molecule has 0 saturated carbocycles. The molecule has 2 amide bonds. The van der Waals surface area contributed by atoms with Crippen LogP contribution in [0.15, 0.2) is 35.5 Å². The van der Waals surface area contributed by atoms with Crippen molar-refractivity contribution in [1.29, 1.82) is 0 Å². The number of hydrogen-bond donors (Lipinski definition) is 3. The molecular formula is C27H27Cl2FN8O4. The first-order valence-electron chi connectivity index (χ1n) is 12.8. The monoisotopic (exact) mass is 616 g/mol. The van der Waals surface area contributed by atoms with Gasteiger partial charge >= 0.3 is 0 Å². The smallest absolute Gasteiger partial charge is 0.263 e. The molecule has 42 heavy (non-hydrogen) atoms. The Hall–Kier alpha value is -4.20. The van der Waals surface area contributed by atoms with E-state index in [1.165, 1.54) is 46.9 Å². The Balaban J connectivity index is 1.51. The van der Waals surface area contributed by atoms with E-state index >= 15 is 0 Å². The summed E-state index contributed by atoms with van der Waals surface area (Å²) in [5.74, 6) is -2.55. The Labute approximate surface area is 249 Å². The number of nitrogens with zero attached hydrogens (tertiary/aromatic N) is 6. The van der Waals surface area contributed by atoms with Crippen molar-refractivity contribution in [2.24, 2.45) is 12.8 Å². The van der Waals surface area contributed by atoms with E-state index in [-0.39, 0.29) is 44.9 Å². The van der Waals surface area contributed by atoms with Crippen molar-refractivity contribution in [3.63, 3.8) is 0 Å². The van der Waals surface area contributed by atoms with Gasteiger partial charge in [-0.3, -0.25) is 14.4 Å². The summed E-state index contributed by atoms with van der Waals surface area (Å²) in [7, 11) is 3.52. The van der Waals surface area contributed by atoms with Crippen LogP contribution in [0.1, 0.15) is 17.3 Å². The summed E-state index contributed by atoms with van der Waals surface area (Å²) in [6, 6.07) is 4.26. The summed E-state index contributed by atoms with van der Waals surface area (Å²) in [4.78, 5) is 50.7. The molecule has 4 N–H and O–H groups in total. The van der Waals surface area contributed by atoms with Gasteiger partial charge in [-0.2, -0.15) is 4.39 Å². The van der Waals surface area contributed by atoms with Crippen molar-refractivity contribution >= 4 is 57.6 Å². The molecule has 15 heteroatoms. The van der Waals surface area contributed by atoms with Gasteiger partial charge < -0.3 is 35.1 Å². The summed E-state index contributed by atoms with van der Waals surface area (Å²) in [5, 5.41) is 12.5. The molecule has 5 rings (SSSR count). The molecule has 4 heterocycles. The SMILES string of the molecule is C[C@H]1CN(C)CCN1c1cc(NC(=O)Cn2cc(-c3cc(Cl)c(O)c(C(N)=O)c3)c3c(=O)n(C)cnc32)c(Cl)c(F)n1. The number of primary amides is 1. The van der Waals surface area contributed by atoms with Gasteiger partial charge in [0.1, 0.15) is 28.8 Å². The minimum absolute atomic E-state index is 0.0484. The number of rotatable bonds is 6. The third kappa shape index (κ3) is 5.38. The van der Waals surface area contributed by atoms with E-state index in [0.717, 1.165) is 13.1 Å². The molecular weight excluding hydrogens is 590 g/mol. The number of hydrogen-bond acceptors (Lipinski definition) is 8. The molecule has 1 aromatic carbocycles. The van der Waals surface area contributed by atoms with Gasteiger partial charge in [0.15, 0.2) is 0 Å². The lowest BCUT2D eigenvalue weighted by Gasteiger charge is -2.39. The van der Waals surface area contributed by atoms with E-state index in [2.05, 4.69) is 20.2 Å². The van der Waals surface area contributed by atoms with Crippen molar-refractivity contribution in [3.8, 4) is 16.9 Å². The number of piperazine rings is 1. The largest absolute Gasteiger partial charge is 0.506 e. The second-order valence-corrected chi connectivity index (χ2v) is 11.0. The minimum atomic E-state index is -0.919. The van der Waals surface area contributed by atoms with Crippen molar-refractivity contribution in [2.75, 3.05) is 36.9 Å². The van der Waals surface area contributed by atoms with E-state index in [9.17, 15) is 23.9 Å². The van der Waals surface area contributed by atoms with Crippen LogP contribution in [0.4, 0.5) is 15.9 Å². The standard InChI is InChI=1S/C27H27Cl2FN8O4/c1-13-9-35(2)4-5-38(13)19-8-18(22(29)24(30)34-19)33-20(39)11-37-10-16(21-26(37)32-12-36(3)27(21)42)14-6-15(25(31)41)23(40)17(28)7-14/h6-8,10,12-13,40H,4-5,9,11H2,1-3H3,(H2,31,41)(H,33,34,39)/t13-/m0/s1. The highest BCUT2D eigenvalue weighted by Crippen LogP contribution is 2.36. The fraction of sp³-hybridized carbons (Fsp3) is 0.296. The number of pyridine rings is 1. The van der Waals surface area contributed by atoms with Gasteiger partial charge in [0.2, 0.25) is 11.9 Å². The number of phenols is 1. The highest BCUT2D eigenvalue weighted by Gasteiger charge is 2.26. The van der Waals surface area contributed by atoms with Crippen LogP contribution in [-0.4, -0.2) is 73.6 Å². The maximum Gasteiger partial charge on any atom is 0.263 e. The molecule has 0 aliphatic carbocycles. The number of carbonyl (C=O) groups is 2. The van der Waals surface area contributed by atoms with Crippen LogP contribution in [0, 0.1) is 5.95 Å². The second kappa shape index (κ2) is 11.2. The lowest BCUT2D eigenvalue weighted by Crippen LogP contribution is -2.50. The first-order valence-corrected chi connectivity index (χ1v) is 13.6. The summed E-state index contributed by atoms with van der Waals surface area (Å²) in [6.45, 7) is 3.82. The third-order valence-electron chi connectivity index (χ3n) is 7.19. The molecule has 3 aromatic heterocycles. The molecule has 4 aromatic rings. The summed E-state index contributed by atoms with van der Waals surface area (Å²) in [6.07, 6.45) is 2.80. The topological polar surface area (TPSA) is 152 Å². The lowest BCUT2D eigenvalue weighted by atomic mass is 10.0. The number of halogens is 3. The predicted molar refractivity (Wildman–Crippen MR) is 158 cm³/mol. The van der Waals surface area contributed by atoms with Crippen molar-refractivity contribution in [2.45, 2.75) is 19.5 Å². The van der Waals surface area contributed by atoms with E-state index in [1.54, 1.807) is 0 Å². The van der Waals surface area contributed by atoms with Crippen LogP contribution in [0.2, 0.25) is 10.0 Å². The fourth-order valence-corrected chi connectivity index (χ4v) is 5.46. The Kier molecular flexibility index (Phi) is 7.84. The van der Waals surface area contributed by atoms with Gasteiger partial charge in [-0.05, 0) is 31.7 Å². The molecule has 0 unspecified atom stereocenters. The maximum atomic E-state index is 14.8. The van der Waals surface area contributed by atoms with Crippen LogP contribution in [0.25, 0.3) is 22.2 Å². The Morgan fingerprint density at radius 2 is 1.95 bits per heavy atom. The molecule has 1 fully saturated rings. The molecule has 1 aliphatic rings. The molecule has 12 nitrogen and oxygen atoms in total. The number of fused-ring (bicyclic) bond motifs is 1. The van der Waals surface area contributed by atoms with Crippen LogP contribution in [0.3, 0.4) is 0 Å². The number of aromatic nitrogens is 4. The predicted octanol–water partition coefficient (Wildman–Crippen LogP) is 2.83. The van der Waals surface area contributed by atoms with Gasteiger partial charge in [-0.15, -0.1) is 0 Å². The highest BCUT2D eigenvalue weighted by molar-refractivity contribution is 6.34. The van der Waals surface area contributed by atoms with Gasteiger partial charge in [-0.1, -0.05) is 23.2 Å². The number of nitrogens with two attached hydrogens (primary N) is 1. The van der Waals surface area contributed by atoms with Crippen LogP contribution < -0.4 is 21.5 Å². The van der Waals surface area contributed by atoms with Crippen LogP contribution in [0.5, 0.6) is 5.75 Å². The Morgan fingerprint density at radius 3 is 2.64 bits per heavy atom. The zero-order valence-corrected chi connectivity index (χ0v) is 24.4. The molecule has 1 aliphatic heterocycles. The molecule has 0 radical (unpaired) electrons. The minimum Gasteiger partial charge on any atom is -0.506 e. The average molecular weight is 617 g/mol. The first kappa shape index (κ1) is 29.3. The highest BCUT2D eigenvalue weighted by atomic mass is 35.5. The number of aromatic hydroxyl groups is 1. The van der Waals surface area contributed by atoms with Crippen molar-refractivity contribution in [3.05, 3.63) is 62.6 Å². The fourth-order valence-electron chi connectivity index (χ4n) is 5.10.